The van der Waals surface area contributed by atoms with Crippen molar-refractivity contribution in [1.82, 2.24) is 15.1 Å². The third-order valence-corrected chi connectivity index (χ3v) is 4.76. The zero-order valence-electron chi connectivity index (χ0n) is 11.7. The summed E-state index contributed by atoms with van der Waals surface area (Å²) >= 11 is 8.50. The van der Waals surface area contributed by atoms with Gasteiger partial charge in [-0.3, -0.25) is 4.68 Å². The molecule has 0 saturated carbocycles. The molecule has 1 aromatic heterocycles. The topological polar surface area (TPSA) is 29.9 Å². The highest BCUT2D eigenvalue weighted by molar-refractivity contribution is 14.1. The molecule has 20 heavy (non-hydrogen) atoms. The third kappa shape index (κ3) is 4.20. The van der Waals surface area contributed by atoms with Crippen LogP contribution in [0.2, 0.25) is 5.02 Å². The second-order valence-electron chi connectivity index (χ2n) is 4.91. The molecule has 3 nitrogen and oxygen atoms in total. The summed E-state index contributed by atoms with van der Waals surface area (Å²) in [5.74, 6) is 0. The zero-order chi connectivity index (χ0) is 14.5. The maximum atomic E-state index is 6.25. The number of rotatable bonds is 6. The van der Waals surface area contributed by atoms with E-state index in [1.807, 2.05) is 17.9 Å². The molecule has 2 aromatic rings. The van der Waals surface area contributed by atoms with Crippen molar-refractivity contribution >= 4 is 34.2 Å². The normalized spacial score (nSPS) is 12.6. The molecule has 0 aliphatic rings. The Morgan fingerprint density at radius 1 is 1.45 bits per heavy atom. The Kier molecular flexibility index (Phi) is 5.86. The first-order chi connectivity index (χ1) is 9.60. The molecule has 0 fully saturated rings. The van der Waals surface area contributed by atoms with E-state index in [1.54, 1.807) is 0 Å². The van der Waals surface area contributed by atoms with E-state index >= 15 is 0 Å². The monoisotopic (exact) mass is 403 g/mol. The van der Waals surface area contributed by atoms with Gasteiger partial charge in [0.1, 0.15) is 0 Å². The Bertz CT molecular complexity index is 568. The average Bonchev–Trinajstić information content (AvgIpc) is 2.83. The fourth-order valence-corrected chi connectivity index (χ4v) is 2.69. The molecule has 0 aliphatic heterocycles. The van der Waals surface area contributed by atoms with Gasteiger partial charge in [0.25, 0.3) is 0 Å². The van der Waals surface area contributed by atoms with E-state index in [1.165, 1.54) is 11.1 Å². The molecule has 0 amide bonds. The largest absolute Gasteiger partial charge is 0.310 e. The zero-order valence-corrected chi connectivity index (χ0v) is 14.6. The van der Waals surface area contributed by atoms with Crippen molar-refractivity contribution in [1.29, 1.82) is 0 Å². The van der Waals surface area contributed by atoms with Crippen LogP contribution in [0, 0.1) is 3.57 Å². The van der Waals surface area contributed by atoms with Gasteiger partial charge in [0, 0.05) is 22.9 Å². The van der Waals surface area contributed by atoms with Crippen LogP contribution in [0.25, 0.3) is 0 Å². The van der Waals surface area contributed by atoms with E-state index in [9.17, 15) is 0 Å². The maximum Gasteiger partial charge on any atom is 0.0542 e. The maximum absolute atomic E-state index is 6.25. The van der Waals surface area contributed by atoms with Crippen LogP contribution in [0.3, 0.4) is 0 Å². The first-order valence-electron chi connectivity index (χ1n) is 6.76. The molecule has 2 rings (SSSR count). The van der Waals surface area contributed by atoms with E-state index in [0.717, 1.165) is 28.0 Å². The van der Waals surface area contributed by atoms with Gasteiger partial charge in [-0.15, -0.1) is 0 Å². The SMILES string of the molecule is CCCNC(Cc1cnn(C)c1)c1ccc(I)c(Cl)c1. The summed E-state index contributed by atoms with van der Waals surface area (Å²) in [6.45, 7) is 3.17. The van der Waals surface area contributed by atoms with Crippen molar-refractivity contribution < 1.29 is 0 Å². The summed E-state index contributed by atoms with van der Waals surface area (Å²) in [5.41, 5.74) is 2.46. The molecule has 0 radical (unpaired) electrons. The molecule has 0 saturated heterocycles. The Labute approximate surface area is 138 Å². The lowest BCUT2D eigenvalue weighted by Gasteiger charge is -2.19. The first-order valence-corrected chi connectivity index (χ1v) is 8.21. The van der Waals surface area contributed by atoms with Gasteiger partial charge in [-0.2, -0.15) is 5.10 Å². The first kappa shape index (κ1) is 15.8. The van der Waals surface area contributed by atoms with E-state index in [2.05, 4.69) is 64.3 Å². The minimum absolute atomic E-state index is 0.272. The highest BCUT2D eigenvalue weighted by Crippen LogP contribution is 2.25. The lowest BCUT2D eigenvalue weighted by molar-refractivity contribution is 0.529. The predicted octanol–water partition coefficient (Wildman–Crippen LogP) is 3.96. The highest BCUT2D eigenvalue weighted by atomic mass is 127. The van der Waals surface area contributed by atoms with Crippen LogP contribution in [0.15, 0.2) is 30.6 Å². The molecule has 1 heterocycles. The quantitative estimate of drug-likeness (QED) is 0.740. The van der Waals surface area contributed by atoms with E-state index in [-0.39, 0.29) is 6.04 Å². The molecular formula is C15H19ClIN3. The Hall–Kier alpha value is -0.590. The Morgan fingerprint density at radius 2 is 2.25 bits per heavy atom. The molecule has 1 N–H and O–H groups in total. The van der Waals surface area contributed by atoms with Crippen LogP contribution in [0.1, 0.15) is 30.5 Å². The Morgan fingerprint density at radius 3 is 2.85 bits per heavy atom. The highest BCUT2D eigenvalue weighted by Gasteiger charge is 2.13. The summed E-state index contributed by atoms with van der Waals surface area (Å²) in [6, 6.07) is 6.56. The van der Waals surface area contributed by atoms with E-state index in [0.29, 0.717) is 0 Å². The number of benzene rings is 1. The smallest absolute Gasteiger partial charge is 0.0542 e. The molecule has 1 atom stereocenters. The summed E-state index contributed by atoms with van der Waals surface area (Å²) in [4.78, 5) is 0. The summed E-state index contributed by atoms with van der Waals surface area (Å²) in [6.07, 6.45) is 6.02. The molecule has 0 spiro atoms. The molecule has 1 aromatic carbocycles. The van der Waals surface area contributed by atoms with Crippen LogP contribution in [-0.2, 0) is 13.5 Å². The van der Waals surface area contributed by atoms with Crippen molar-refractivity contribution in [2.45, 2.75) is 25.8 Å². The van der Waals surface area contributed by atoms with Crippen molar-refractivity contribution in [3.05, 3.63) is 50.3 Å². The van der Waals surface area contributed by atoms with Crippen molar-refractivity contribution in [3.63, 3.8) is 0 Å². The number of nitrogens with one attached hydrogen (secondary N) is 1. The van der Waals surface area contributed by atoms with Crippen LogP contribution in [0.5, 0.6) is 0 Å². The minimum Gasteiger partial charge on any atom is -0.310 e. The summed E-state index contributed by atoms with van der Waals surface area (Å²) < 4.78 is 2.93. The number of aryl methyl sites for hydroxylation is 1. The molecule has 0 aliphatic carbocycles. The van der Waals surface area contributed by atoms with Crippen molar-refractivity contribution in [2.24, 2.45) is 7.05 Å². The Balaban J connectivity index is 2.19. The van der Waals surface area contributed by atoms with E-state index in [4.69, 9.17) is 11.6 Å². The number of aromatic nitrogens is 2. The fourth-order valence-electron chi connectivity index (χ4n) is 2.17. The summed E-state index contributed by atoms with van der Waals surface area (Å²) in [5, 5.41) is 8.65. The second kappa shape index (κ2) is 7.43. The molecule has 108 valence electrons. The summed E-state index contributed by atoms with van der Waals surface area (Å²) in [7, 11) is 1.94. The predicted molar refractivity (Wildman–Crippen MR) is 92.1 cm³/mol. The average molecular weight is 404 g/mol. The second-order valence-corrected chi connectivity index (χ2v) is 6.48. The van der Waals surface area contributed by atoms with Gasteiger partial charge in [-0.05, 0) is 65.2 Å². The number of hydrogen-bond donors (Lipinski definition) is 1. The van der Waals surface area contributed by atoms with E-state index < -0.39 is 0 Å². The lowest BCUT2D eigenvalue weighted by atomic mass is 10.0. The van der Waals surface area contributed by atoms with Crippen LogP contribution in [0.4, 0.5) is 0 Å². The van der Waals surface area contributed by atoms with Gasteiger partial charge in [0.15, 0.2) is 0 Å². The number of halogens is 2. The standard InChI is InChI=1S/C15H19ClIN3/c1-3-6-18-15(7-11-9-19-20(2)10-11)12-4-5-14(17)13(16)8-12/h4-5,8-10,15,18H,3,6-7H2,1-2H3. The number of nitrogens with zero attached hydrogens (tertiary/aromatic N) is 2. The van der Waals surface area contributed by atoms with Crippen molar-refractivity contribution in [2.75, 3.05) is 6.54 Å². The van der Waals surface area contributed by atoms with Gasteiger partial charge >= 0.3 is 0 Å². The van der Waals surface area contributed by atoms with Crippen LogP contribution < -0.4 is 5.32 Å². The molecule has 5 heteroatoms. The lowest BCUT2D eigenvalue weighted by Crippen LogP contribution is -2.24. The molecule has 1 unspecified atom stereocenters. The van der Waals surface area contributed by atoms with Crippen molar-refractivity contribution in [3.8, 4) is 0 Å². The third-order valence-electron chi connectivity index (χ3n) is 3.18. The van der Waals surface area contributed by atoms with Crippen LogP contribution in [-0.4, -0.2) is 16.3 Å². The van der Waals surface area contributed by atoms with Gasteiger partial charge in [0.2, 0.25) is 0 Å². The van der Waals surface area contributed by atoms with Gasteiger partial charge in [-0.1, -0.05) is 24.6 Å². The molecule has 0 bridgehead atoms. The van der Waals surface area contributed by atoms with Gasteiger partial charge in [0.05, 0.1) is 11.2 Å². The number of hydrogen-bond acceptors (Lipinski definition) is 2. The molecular weight excluding hydrogens is 385 g/mol. The minimum atomic E-state index is 0.272. The van der Waals surface area contributed by atoms with Gasteiger partial charge in [-0.25, -0.2) is 0 Å². The van der Waals surface area contributed by atoms with Gasteiger partial charge < -0.3 is 5.32 Å². The fraction of sp³-hybridized carbons (Fsp3) is 0.400. The van der Waals surface area contributed by atoms with Crippen LogP contribution >= 0.6 is 34.2 Å².